The van der Waals surface area contributed by atoms with E-state index in [1.165, 1.54) is 5.56 Å². The summed E-state index contributed by atoms with van der Waals surface area (Å²) in [6.07, 6.45) is 5.05. The number of carbonyl (C=O) groups excluding carboxylic acids is 2. The monoisotopic (exact) mass is 342 g/mol. The Hall–Kier alpha value is -1.68. The van der Waals surface area contributed by atoms with Crippen molar-refractivity contribution in [2.45, 2.75) is 45.4 Å². The fourth-order valence-corrected chi connectivity index (χ4v) is 4.11. The third kappa shape index (κ3) is 4.49. The molecule has 0 spiro atoms. The summed E-state index contributed by atoms with van der Waals surface area (Å²) < 4.78 is 0. The third-order valence-electron chi connectivity index (χ3n) is 5.89. The first-order chi connectivity index (χ1) is 12.1. The lowest BCUT2D eigenvalue weighted by Crippen LogP contribution is -2.51. The molecule has 4 heteroatoms. The number of carbonyl (C=O) groups is 2. The zero-order valence-corrected chi connectivity index (χ0v) is 15.3. The molecule has 2 aliphatic heterocycles. The van der Waals surface area contributed by atoms with Crippen LogP contribution in [0.2, 0.25) is 0 Å². The Morgan fingerprint density at radius 3 is 2.64 bits per heavy atom. The Morgan fingerprint density at radius 2 is 1.92 bits per heavy atom. The summed E-state index contributed by atoms with van der Waals surface area (Å²) in [5.74, 6) is 0.595. The molecule has 0 aliphatic carbocycles. The average molecular weight is 342 g/mol. The predicted molar refractivity (Wildman–Crippen MR) is 99.3 cm³/mol. The van der Waals surface area contributed by atoms with E-state index in [0.29, 0.717) is 18.7 Å². The number of hydrogen-bond acceptors (Lipinski definition) is 3. The van der Waals surface area contributed by atoms with Gasteiger partial charge in [0.05, 0.1) is 0 Å². The quantitative estimate of drug-likeness (QED) is 0.895. The summed E-state index contributed by atoms with van der Waals surface area (Å²) in [5.41, 5.74) is 0.960. The zero-order chi connectivity index (χ0) is 17.7. The SMILES string of the molecule is CC1(C(=O)N2CCC[C@H](C(=O)CCc3ccccc3)C2)CCNCC1. The van der Waals surface area contributed by atoms with Gasteiger partial charge in [0, 0.05) is 30.8 Å². The fraction of sp³-hybridized carbons (Fsp3) is 0.619. The van der Waals surface area contributed by atoms with Crippen LogP contribution < -0.4 is 5.32 Å². The topological polar surface area (TPSA) is 49.4 Å². The number of Topliss-reactive ketones (excluding diaryl/α,β-unsaturated/α-hetero) is 1. The summed E-state index contributed by atoms with van der Waals surface area (Å²) in [5, 5.41) is 3.33. The molecule has 0 saturated carbocycles. The second-order valence-corrected chi connectivity index (χ2v) is 7.85. The van der Waals surface area contributed by atoms with Crippen molar-refractivity contribution < 1.29 is 9.59 Å². The molecule has 0 bridgehead atoms. The molecule has 1 N–H and O–H groups in total. The maximum absolute atomic E-state index is 13.0. The van der Waals surface area contributed by atoms with Crippen LogP contribution in [0.25, 0.3) is 0 Å². The molecule has 2 heterocycles. The molecule has 4 nitrogen and oxygen atoms in total. The molecule has 25 heavy (non-hydrogen) atoms. The van der Waals surface area contributed by atoms with Gasteiger partial charge < -0.3 is 10.2 Å². The molecule has 0 unspecified atom stereocenters. The van der Waals surface area contributed by atoms with Crippen molar-refractivity contribution in [3.8, 4) is 0 Å². The highest BCUT2D eigenvalue weighted by molar-refractivity contribution is 5.85. The highest BCUT2D eigenvalue weighted by Crippen LogP contribution is 2.32. The van der Waals surface area contributed by atoms with Crippen LogP contribution in [-0.4, -0.2) is 42.8 Å². The third-order valence-corrected chi connectivity index (χ3v) is 5.89. The van der Waals surface area contributed by atoms with Crippen molar-refractivity contribution in [1.82, 2.24) is 10.2 Å². The van der Waals surface area contributed by atoms with Crippen molar-refractivity contribution in [3.63, 3.8) is 0 Å². The highest BCUT2D eigenvalue weighted by atomic mass is 16.2. The Morgan fingerprint density at radius 1 is 1.20 bits per heavy atom. The summed E-state index contributed by atoms with van der Waals surface area (Å²) in [7, 11) is 0. The van der Waals surface area contributed by atoms with Gasteiger partial charge in [0.25, 0.3) is 0 Å². The number of nitrogens with one attached hydrogen (secondary N) is 1. The van der Waals surface area contributed by atoms with Gasteiger partial charge in [-0.05, 0) is 50.8 Å². The molecular weight excluding hydrogens is 312 g/mol. The zero-order valence-electron chi connectivity index (χ0n) is 15.3. The second-order valence-electron chi connectivity index (χ2n) is 7.85. The Labute approximate surface area is 151 Å². The number of ketones is 1. The van der Waals surface area contributed by atoms with Gasteiger partial charge in [-0.2, -0.15) is 0 Å². The lowest BCUT2D eigenvalue weighted by Gasteiger charge is -2.40. The number of hydrogen-bond donors (Lipinski definition) is 1. The molecule has 0 radical (unpaired) electrons. The fourth-order valence-electron chi connectivity index (χ4n) is 4.11. The van der Waals surface area contributed by atoms with Gasteiger partial charge >= 0.3 is 0 Å². The van der Waals surface area contributed by atoms with E-state index < -0.39 is 0 Å². The maximum atomic E-state index is 13.0. The van der Waals surface area contributed by atoms with Gasteiger partial charge in [0.15, 0.2) is 0 Å². The lowest BCUT2D eigenvalue weighted by molar-refractivity contribution is -0.145. The minimum atomic E-state index is -0.250. The van der Waals surface area contributed by atoms with Crippen LogP contribution in [0.15, 0.2) is 30.3 Å². The number of likely N-dealkylation sites (tertiary alicyclic amines) is 1. The van der Waals surface area contributed by atoms with Gasteiger partial charge in [-0.25, -0.2) is 0 Å². The van der Waals surface area contributed by atoms with Gasteiger partial charge in [-0.15, -0.1) is 0 Å². The summed E-state index contributed by atoms with van der Waals surface area (Å²) in [6.45, 7) is 5.35. The molecule has 1 amide bonds. The molecule has 2 fully saturated rings. The van der Waals surface area contributed by atoms with Crippen LogP contribution in [0, 0.1) is 11.3 Å². The maximum Gasteiger partial charge on any atom is 0.228 e. The first kappa shape index (κ1) is 18.1. The van der Waals surface area contributed by atoms with Crippen molar-refractivity contribution in [2.24, 2.45) is 11.3 Å². The molecule has 2 aliphatic rings. The first-order valence-electron chi connectivity index (χ1n) is 9.65. The van der Waals surface area contributed by atoms with Crippen LogP contribution in [0.3, 0.4) is 0 Å². The number of nitrogens with zero attached hydrogens (tertiary/aromatic N) is 1. The number of aryl methyl sites for hydroxylation is 1. The molecule has 2 saturated heterocycles. The Bertz CT molecular complexity index is 593. The Balaban J connectivity index is 1.55. The lowest BCUT2D eigenvalue weighted by atomic mass is 9.78. The molecule has 3 rings (SSSR count). The van der Waals surface area contributed by atoms with Gasteiger partial charge in [0.1, 0.15) is 5.78 Å². The molecule has 1 aromatic rings. The van der Waals surface area contributed by atoms with Gasteiger partial charge in [-0.3, -0.25) is 9.59 Å². The van der Waals surface area contributed by atoms with Gasteiger partial charge in [-0.1, -0.05) is 37.3 Å². The van der Waals surface area contributed by atoms with E-state index in [0.717, 1.165) is 51.7 Å². The van der Waals surface area contributed by atoms with Crippen molar-refractivity contribution in [3.05, 3.63) is 35.9 Å². The van der Waals surface area contributed by atoms with Crippen molar-refractivity contribution in [1.29, 1.82) is 0 Å². The van der Waals surface area contributed by atoms with Gasteiger partial charge in [0.2, 0.25) is 5.91 Å². The molecule has 1 aromatic carbocycles. The van der Waals surface area contributed by atoms with E-state index in [4.69, 9.17) is 0 Å². The van der Waals surface area contributed by atoms with E-state index in [2.05, 4.69) is 24.4 Å². The van der Waals surface area contributed by atoms with Crippen molar-refractivity contribution in [2.75, 3.05) is 26.2 Å². The summed E-state index contributed by atoms with van der Waals surface area (Å²) in [6, 6.07) is 10.2. The number of piperidine rings is 2. The average Bonchev–Trinajstić information content (AvgIpc) is 2.67. The normalized spacial score (nSPS) is 23.2. The van der Waals surface area contributed by atoms with E-state index in [9.17, 15) is 9.59 Å². The van der Waals surface area contributed by atoms with Crippen LogP contribution >= 0.6 is 0 Å². The van der Waals surface area contributed by atoms with E-state index >= 15 is 0 Å². The van der Waals surface area contributed by atoms with Crippen LogP contribution in [0.4, 0.5) is 0 Å². The number of amides is 1. The molecule has 1 atom stereocenters. The highest BCUT2D eigenvalue weighted by Gasteiger charge is 2.39. The summed E-state index contributed by atoms with van der Waals surface area (Å²) in [4.78, 5) is 27.6. The molecular formula is C21H30N2O2. The minimum absolute atomic E-state index is 0.0201. The summed E-state index contributed by atoms with van der Waals surface area (Å²) >= 11 is 0. The number of rotatable bonds is 5. The number of benzene rings is 1. The standard InChI is InChI=1S/C21H30N2O2/c1-21(11-13-22-14-12-21)20(25)23-15-5-8-18(16-23)19(24)10-9-17-6-3-2-4-7-17/h2-4,6-7,18,22H,5,8-16H2,1H3/t18-/m0/s1. The Kier molecular flexibility index (Phi) is 5.89. The van der Waals surface area contributed by atoms with Crippen molar-refractivity contribution >= 4 is 11.7 Å². The van der Waals surface area contributed by atoms with Crippen LogP contribution in [0.5, 0.6) is 0 Å². The smallest absolute Gasteiger partial charge is 0.228 e. The van der Waals surface area contributed by atoms with Crippen LogP contribution in [-0.2, 0) is 16.0 Å². The second kappa shape index (κ2) is 8.13. The minimum Gasteiger partial charge on any atom is -0.342 e. The molecule has 0 aromatic heterocycles. The first-order valence-corrected chi connectivity index (χ1v) is 9.65. The predicted octanol–water partition coefficient (Wildman–Crippen LogP) is 2.82. The van der Waals surface area contributed by atoms with Crippen LogP contribution in [0.1, 0.15) is 44.6 Å². The molecule has 136 valence electrons. The van der Waals surface area contributed by atoms with E-state index in [1.807, 2.05) is 23.1 Å². The van der Waals surface area contributed by atoms with E-state index in [1.54, 1.807) is 0 Å². The van der Waals surface area contributed by atoms with E-state index in [-0.39, 0.29) is 17.2 Å². The largest absolute Gasteiger partial charge is 0.342 e.